The lowest BCUT2D eigenvalue weighted by molar-refractivity contribution is 0.413. The Labute approximate surface area is 117 Å². The summed E-state index contributed by atoms with van der Waals surface area (Å²) in [6.07, 6.45) is 0. The van der Waals surface area contributed by atoms with Crippen molar-refractivity contribution in [2.45, 2.75) is 13.5 Å². The van der Waals surface area contributed by atoms with E-state index in [-0.39, 0.29) is 5.82 Å². The molecule has 0 heterocycles. The normalized spacial score (nSPS) is 9.90. The fourth-order valence-corrected chi connectivity index (χ4v) is 1.97. The molecule has 3 nitrogen and oxygen atoms in total. The zero-order chi connectivity index (χ0) is 14.5. The molecule has 0 bridgehead atoms. The summed E-state index contributed by atoms with van der Waals surface area (Å²) in [5.41, 5.74) is 3.50. The highest BCUT2D eigenvalue weighted by molar-refractivity contribution is 5.57. The van der Waals surface area contributed by atoms with Gasteiger partial charge in [0.15, 0.2) is 0 Å². The van der Waals surface area contributed by atoms with E-state index in [2.05, 4.69) is 11.4 Å². The molecular weight excluding hydrogens is 255 g/mol. The number of benzene rings is 2. The van der Waals surface area contributed by atoms with E-state index in [0.717, 1.165) is 16.8 Å². The van der Waals surface area contributed by atoms with E-state index in [1.54, 1.807) is 12.1 Å². The third-order valence-corrected chi connectivity index (χ3v) is 3.10. The van der Waals surface area contributed by atoms with Crippen molar-refractivity contribution in [1.82, 2.24) is 0 Å². The molecule has 0 radical (unpaired) electrons. The second-order valence-corrected chi connectivity index (χ2v) is 4.45. The van der Waals surface area contributed by atoms with Crippen LogP contribution in [0.1, 0.15) is 16.7 Å². The van der Waals surface area contributed by atoms with Gasteiger partial charge in [-0.25, -0.2) is 4.39 Å². The first kappa shape index (κ1) is 13.9. The van der Waals surface area contributed by atoms with Crippen LogP contribution in [0.5, 0.6) is 5.75 Å². The monoisotopic (exact) mass is 270 g/mol. The first-order valence-electron chi connectivity index (χ1n) is 6.21. The van der Waals surface area contributed by atoms with Crippen molar-refractivity contribution < 1.29 is 9.13 Å². The number of nitrogens with one attached hydrogen (secondary N) is 1. The second kappa shape index (κ2) is 6.07. The molecule has 0 saturated heterocycles. The van der Waals surface area contributed by atoms with Gasteiger partial charge in [0.2, 0.25) is 0 Å². The fraction of sp³-hybridized carbons (Fsp3) is 0.188. The second-order valence-electron chi connectivity index (χ2n) is 4.45. The molecule has 0 amide bonds. The fourth-order valence-electron chi connectivity index (χ4n) is 1.97. The lowest BCUT2D eigenvalue weighted by Crippen LogP contribution is -2.03. The molecule has 4 heteroatoms. The number of ether oxygens (including phenoxy) is 1. The first-order chi connectivity index (χ1) is 9.63. The van der Waals surface area contributed by atoms with Gasteiger partial charge in [-0.2, -0.15) is 5.26 Å². The lowest BCUT2D eigenvalue weighted by Gasteiger charge is -2.12. The Bertz CT molecular complexity index is 662. The highest BCUT2D eigenvalue weighted by atomic mass is 19.1. The maximum atomic E-state index is 13.1. The summed E-state index contributed by atoms with van der Waals surface area (Å²) >= 11 is 0. The Kier molecular flexibility index (Phi) is 4.21. The number of hydrogen-bond acceptors (Lipinski definition) is 3. The van der Waals surface area contributed by atoms with Gasteiger partial charge in [0.05, 0.1) is 24.4 Å². The van der Waals surface area contributed by atoms with Gasteiger partial charge < -0.3 is 10.1 Å². The molecule has 0 aliphatic rings. The molecule has 0 spiro atoms. The molecule has 0 aliphatic carbocycles. The van der Waals surface area contributed by atoms with Crippen LogP contribution in [-0.2, 0) is 6.54 Å². The van der Waals surface area contributed by atoms with Gasteiger partial charge in [0.25, 0.3) is 0 Å². The molecule has 0 saturated carbocycles. The Morgan fingerprint density at radius 3 is 2.70 bits per heavy atom. The van der Waals surface area contributed by atoms with Gasteiger partial charge in [-0.15, -0.1) is 0 Å². The van der Waals surface area contributed by atoms with Crippen LogP contribution in [0.2, 0.25) is 0 Å². The van der Waals surface area contributed by atoms with Crippen molar-refractivity contribution in [3.05, 3.63) is 58.9 Å². The van der Waals surface area contributed by atoms with Crippen molar-refractivity contribution in [3.8, 4) is 11.8 Å². The predicted molar refractivity (Wildman–Crippen MR) is 76.2 cm³/mol. The van der Waals surface area contributed by atoms with Crippen molar-refractivity contribution >= 4 is 5.69 Å². The van der Waals surface area contributed by atoms with Gasteiger partial charge in [0, 0.05) is 12.6 Å². The lowest BCUT2D eigenvalue weighted by atomic mass is 10.1. The highest BCUT2D eigenvalue weighted by Crippen LogP contribution is 2.25. The van der Waals surface area contributed by atoms with Crippen LogP contribution in [0.15, 0.2) is 36.4 Å². The molecule has 1 N–H and O–H groups in total. The Morgan fingerprint density at radius 1 is 1.25 bits per heavy atom. The number of hydrogen-bond donors (Lipinski definition) is 1. The maximum absolute atomic E-state index is 13.1. The van der Waals surface area contributed by atoms with Crippen LogP contribution >= 0.6 is 0 Å². The van der Waals surface area contributed by atoms with Crippen molar-refractivity contribution in [2.75, 3.05) is 12.4 Å². The number of nitriles is 1. The first-order valence-corrected chi connectivity index (χ1v) is 6.21. The molecule has 0 aromatic heterocycles. The van der Waals surface area contributed by atoms with Crippen molar-refractivity contribution in [2.24, 2.45) is 0 Å². The number of nitrogens with zero attached hydrogens (tertiary/aromatic N) is 1. The molecular formula is C16H15FN2O. The quantitative estimate of drug-likeness (QED) is 0.922. The summed E-state index contributed by atoms with van der Waals surface area (Å²) in [4.78, 5) is 0. The third-order valence-electron chi connectivity index (χ3n) is 3.10. The number of aryl methyl sites for hydroxylation is 1. The average Bonchev–Trinajstić information content (AvgIpc) is 2.46. The minimum Gasteiger partial charge on any atom is -0.494 e. The molecule has 0 atom stereocenters. The van der Waals surface area contributed by atoms with E-state index in [4.69, 9.17) is 10.00 Å². The minimum absolute atomic E-state index is 0.332. The van der Waals surface area contributed by atoms with Crippen LogP contribution in [0.3, 0.4) is 0 Å². The van der Waals surface area contributed by atoms with E-state index in [1.165, 1.54) is 19.2 Å². The predicted octanol–water partition coefficient (Wildman–Crippen LogP) is 3.63. The van der Waals surface area contributed by atoms with E-state index < -0.39 is 0 Å². The van der Waals surface area contributed by atoms with Crippen LogP contribution < -0.4 is 10.1 Å². The van der Waals surface area contributed by atoms with Crippen molar-refractivity contribution in [1.29, 1.82) is 5.26 Å². The molecule has 0 aliphatic heterocycles. The molecule has 0 fully saturated rings. The largest absolute Gasteiger partial charge is 0.494 e. The third kappa shape index (κ3) is 3.07. The van der Waals surface area contributed by atoms with Gasteiger partial charge in [-0.05, 0) is 42.3 Å². The minimum atomic E-state index is -0.332. The Morgan fingerprint density at radius 2 is 2.05 bits per heavy atom. The summed E-state index contributed by atoms with van der Waals surface area (Å²) in [5.74, 6) is 0.137. The molecule has 2 aromatic carbocycles. The molecule has 2 rings (SSSR count). The number of anilines is 1. The number of halogens is 1. The van der Waals surface area contributed by atoms with E-state index >= 15 is 0 Å². The van der Waals surface area contributed by atoms with Gasteiger partial charge in [-0.1, -0.05) is 6.07 Å². The number of rotatable bonds is 4. The summed E-state index contributed by atoms with van der Waals surface area (Å²) in [6, 6.07) is 12.0. The topological polar surface area (TPSA) is 45.0 Å². The number of methoxy groups -OCH3 is 1. The van der Waals surface area contributed by atoms with E-state index in [0.29, 0.717) is 17.9 Å². The van der Waals surface area contributed by atoms with Gasteiger partial charge in [-0.3, -0.25) is 0 Å². The van der Waals surface area contributed by atoms with Crippen molar-refractivity contribution in [3.63, 3.8) is 0 Å². The van der Waals surface area contributed by atoms with Crippen LogP contribution in [-0.4, -0.2) is 7.11 Å². The zero-order valence-electron chi connectivity index (χ0n) is 11.4. The van der Waals surface area contributed by atoms with Crippen LogP contribution in [0, 0.1) is 24.1 Å². The van der Waals surface area contributed by atoms with Gasteiger partial charge in [0.1, 0.15) is 11.6 Å². The Hall–Kier alpha value is -2.54. The van der Waals surface area contributed by atoms with Crippen LogP contribution in [0.25, 0.3) is 0 Å². The standard InChI is InChI=1S/C16H15FN2O/c1-11-7-12(9-18)3-4-13(11)10-19-15-6-5-14(17)8-16(15)20-2/h3-8,19H,10H2,1-2H3. The SMILES string of the molecule is COc1cc(F)ccc1NCc1ccc(C#N)cc1C. The summed E-state index contributed by atoms with van der Waals surface area (Å²) < 4.78 is 18.2. The summed E-state index contributed by atoms with van der Waals surface area (Å²) in [7, 11) is 1.51. The summed E-state index contributed by atoms with van der Waals surface area (Å²) in [6.45, 7) is 2.54. The average molecular weight is 270 g/mol. The molecule has 102 valence electrons. The maximum Gasteiger partial charge on any atom is 0.144 e. The molecule has 0 unspecified atom stereocenters. The zero-order valence-corrected chi connectivity index (χ0v) is 11.4. The van der Waals surface area contributed by atoms with E-state index in [9.17, 15) is 4.39 Å². The van der Waals surface area contributed by atoms with Gasteiger partial charge >= 0.3 is 0 Å². The highest BCUT2D eigenvalue weighted by Gasteiger charge is 2.05. The summed E-state index contributed by atoms with van der Waals surface area (Å²) in [5, 5.41) is 12.0. The molecule has 20 heavy (non-hydrogen) atoms. The van der Waals surface area contributed by atoms with Crippen LogP contribution in [0.4, 0.5) is 10.1 Å². The van der Waals surface area contributed by atoms with E-state index in [1.807, 2.05) is 19.1 Å². The smallest absolute Gasteiger partial charge is 0.144 e. The molecule has 2 aromatic rings. The Balaban J connectivity index is 2.15.